The molecule has 0 heterocycles. The second-order valence-corrected chi connectivity index (χ2v) is 3.93. The van der Waals surface area contributed by atoms with Crippen LogP contribution in [0.25, 0.3) is 0 Å². The number of hydrogen-bond acceptors (Lipinski definition) is 0. The number of halogens is 1. The van der Waals surface area contributed by atoms with Crippen LogP contribution >= 0.6 is 15.9 Å². The molecule has 0 aromatic rings. The lowest BCUT2D eigenvalue weighted by Gasteiger charge is -2.11. The van der Waals surface area contributed by atoms with Crippen LogP contribution in [0.15, 0.2) is 11.6 Å². The van der Waals surface area contributed by atoms with Gasteiger partial charge in [-0.2, -0.15) is 0 Å². The van der Waals surface area contributed by atoms with Crippen LogP contribution in [0.2, 0.25) is 0 Å². The van der Waals surface area contributed by atoms with Gasteiger partial charge in [-0.1, -0.05) is 46.8 Å². The van der Waals surface area contributed by atoms with Crippen LogP contribution in [0, 0.1) is 0 Å². The van der Waals surface area contributed by atoms with Crippen LogP contribution in [0.3, 0.4) is 0 Å². The molecule has 0 N–H and O–H groups in total. The highest BCUT2D eigenvalue weighted by molar-refractivity contribution is 9.09. The first-order valence-electron chi connectivity index (χ1n) is 4.67. The Morgan fingerprint density at radius 2 is 1.55 bits per heavy atom. The van der Waals surface area contributed by atoms with E-state index < -0.39 is 0 Å². The third-order valence-corrected chi connectivity index (χ3v) is 2.69. The molecule has 0 radical (unpaired) electrons. The van der Waals surface area contributed by atoms with E-state index in [2.05, 4.69) is 22.0 Å². The van der Waals surface area contributed by atoms with Crippen molar-refractivity contribution < 1.29 is 0 Å². The molecule has 1 aliphatic carbocycles. The van der Waals surface area contributed by atoms with Crippen LogP contribution < -0.4 is 0 Å². The Hall–Kier alpha value is 0.220. The van der Waals surface area contributed by atoms with Crippen molar-refractivity contribution in [1.82, 2.24) is 0 Å². The third-order valence-electron chi connectivity index (χ3n) is 2.36. The largest absolute Gasteiger partial charge is 0.0883 e. The summed E-state index contributed by atoms with van der Waals surface area (Å²) in [6.45, 7) is 0. The molecule has 0 atom stereocenters. The summed E-state index contributed by atoms with van der Waals surface area (Å²) in [7, 11) is 0. The Morgan fingerprint density at radius 1 is 1.00 bits per heavy atom. The van der Waals surface area contributed by atoms with E-state index in [-0.39, 0.29) is 0 Å². The van der Waals surface area contributed by atoms with Gasteiger partial charge < -0.3 is 0 Å². The maximum absolute atomic E-state index is 3.45. The normalized spacial score (nSPS) is 20.6. The quantitative estimate of drug-likeness (QED) is 0.459. The number of alkyl halides is 1. The average Bonchev–Trinajstić information content (AvgIpc) is 1.94. The van der Waals surface area contributed by atoms with Crippen molar-refractivity contribution in [2.75, 3.05) is 5.33 Å². The van der Waals surface area contributed by atoms with Gasteiger partial charge in [-0.25, -0.2) is 0 Å². The summed E-state index contributed by atoms with van der Waals surface area (Å²) >= 11 is 3.45. The first-order valence-corrected chi connectivity index (χ1v) is 5.79. The minimum Gasteiger partial charge on any atom is -0.0883 e. The van der Waals surface area contributed by atoms with E-state index in [0.717, 1.165) is 5.33 Å². The Kier molecular flexibility index (Phi) is 4.92. The minimum atomic E-state index is 1.04. The molecule has 0 bridgehead atoms. The van der Waals surface area contributed by atoms with Gasteiger partial charge in [-0.15, -0.1) is 0 Å². The molecule has 1 aliphatic rings. The summed E-state index contributed by atoms with van der Waals surface area (Å²) in [5.41, 5.74) is 1.68. The minimum absolute atomic E-state index is 1.04. The zero-order valence-electron chi connectivity index (χ0n) is 7.11. The summed E-state index contributed by atoms with van der Waals surface area (Å²) in [4.78, 5) is 0. The van der Waals surface area contributed by atoms with Crippen molar-refractivity contribution in [3.63, 3.8) is 0 Å². The molecule has 64 valence electrons. The van der Waals surface area contributed by atoms with Crippen molar-refractivity contribution in [2.24, 2.45) is 0 Å². The summed E-state index contributed by atoms with van der Waals surface area (Å²) in [5, 5.41) is 1.04. The maximum Gasteiger partial charge on any atom is 0.0214 e. The van der Waals surface area contributed by atoms with Gasteiger partial charge in [0.25, 0.3) is 0 Å². The van der Waals surface area contributed by atoms with E-state index in [9.17, 15) is 0 Å². The molecule has 0 nitrogen and oxygen atoms in total. The van der Waals surface area contributed by atoms with Crippen molar-refractivity contribution >= 4 is 15.9 Å². The predicted molar refractivity (Wildman–Crippen MR) is 54.2 cm³/mol. The summed E-state index contributed by atoms with van der Waals surface area (Å²) in [6.07, 6.45) is 12.2. The van der Waals surface area contributed by atoms with Crippen LogP contribution in [0.5, 0.6) is 0 Å². The van der Waals surface area contributed by atoms with Gasteiger partial charge in [-0.3, -0.25) is 0 Å². The molecular weight excluding hydrogens is 200 g/mol. The van der Waals surface area contributed by atoms with Gasteiger partial charge in [-0.05, 0) is 25.7 Å². The zero-order chi connectivity index (χ0) is 7.94. The fourth-order valence-corrected chi connectivity index (χ4v) is 2.13. The molecule has 1 fully saturated rings. The molecule has 0 aliphatic heterocycles. The first kappa shape index (κ1) is 9.31. The molecule has 1 heteroatoms. The lowest BCUT2D eigenvalue weighted by Crippen LogP contribution is -1.91. The molecule has 0 spiro atoms. The lowest BCUT2D eigenvalue weighted by atomic mass is 9.96. The van der Waals surface area contributed by atoms with Crippen molar-refractivity contribution in [1.29, 1.82) is 0 Å². The molecule has 0 amide bonds. The van der Waals surface area contributed by atoms with Gasteiger partial charge in [0.2, 0.25) is 0 Å². The van der Waals surface area contributed by atoms with Crippen LogP contribution in [-0.2, 0) is 0 Å². The van der Waals surface area contributed by atoms with Crippen LogP contribution in [-0.4, -0.2) is 5.33 Å². The number of allylic oxidation sites excluding steroid dienone is 2. The highest BCUT2D eigenvalue weighted by atomic mass is 79.9. The number of hydrogen-bond donors (Lipinski definition) is 0. The molecule has 1 saturated carbocycles. The number of rotatable bonds is 1. The zero-order valence-corrected chi connectivity index (χ0v) is 8.70. The lowest BCUT2D eigenvalue weighted by molar-refractivity contribution is 0.568. The van der Waals surface area contributed by atoms with Gasteiger partial charge in [0.05, 0.1) is 0 Å². The standard InChI is InChI=1S/C10H17Br/c11-9-8-10-6-4-2-1-3-5-7-10/h8H,1-7,9H2. The van der Waals surface area contributed by atoms with E-state index in [4.69, 9.17) is 0 Å². The molecule has 11 heavy (non-hydrogen) atoms. The van der Waals surface area contributed by atoms with Crippen molar-refractivity contribution in [3.8, 4) is 0 Å². The van der Waals surface area contributed by atoms with Crippen molar-refractivity contribution in [3.05, 3.63) is 11.6 Å². The van der Waals surface area contributed by atoms with E-state index in [1.807, 2.05) is 0 Å². The SMILES string of the molecule is BrCC=C1CCCCCCC1. The average molecular weight is 217 g/mol. The topological polar surface area (TPSA) is 0 Å². The molecule has 0 unspecified atom stereocenters. The molecule has 0 aromatic heterocycles. The van der Waals surface area contributed by atoms with Gasteiger partial charge in [0.15, 0.2) is 0 Å². The van der Waals surface area contributed by atoms with E-state index >= 15 is 0 Å². The second-order valence-electron chi connectivity index (χ2n) is 3.28. The Labute approximate surface area is 78.2 Å². The smallest absolute Gasteiger partial charge is 0.0214 e. The maximum atomic E-state index is 3.45. The van der Waals surface area contributed by atoms with Gasteiger partial charge in [0.1, 0.15) is 0 Å². The fraction of sp³-hybridized carbons (Fsp3) is 0.800. The van der Waals surface area contributed by atoms with E-state index in [1.54, 1.807) is 5.57 Å². The Bertz CT molecular complexity index is 117. The first-order chi connectivity index (χ1) is 5.43. The second kappa shape index (κ2) is 5.82. The van der Waals surface area contributed by atoms with E-state index in [0.29, 0.717) is 0 Å². The molecular formula is C10H17Br. The van der Waals surface area contributed by atoms with Gasteiger partial charge in [0, 0.05) is 5.33 Å². The van der Waals surface area contributed by atoms with Crippen LogP contribution in [0.1, 0.15) is 44.9 Å². The molecule has 0 saturated heterocycles. The van der Waals surface area contributed by atoms with Gasteiger partial charge >= 0.3 is 0 Å². The summed E-state index contributed by atoms with van der Waals surface area (Å²) in [5.74, 6) is 0. The predicted octanol–water partition coefficient (Wildman–Crippen LogP) is 4.05. The van der Waals surface area contributed by atoms with Crippen molar-refractivity contribution in [2.45, 2.75) is 44.9 Å². The van der Waals surface area contributed by atoms with Crippen LogP contribution in [0.4, 0.5) is 0 Å². The highest BCUT2D eigenvalue weighted by Gasteiger charge is 2.01. The van der Waals surface area contributed by atoms with E-state index in [1.165, 1.54) is 44.9 Å². The third kappa shape index (κ3) is 3.95. The molecule has 1 rings (SSSR count). The summed E-state index contributed by atoms with van der Waals surface area (Å²) < 4.78 is 0. The molecule has 0 aromatic carbocycles. The monoisotopic (exact) mass is 216 g/mol. The Balaban J connectivity index is 2.31. The fourth-order valence-electron chi connectivity index (χ4n) is 1.67. The highest BCUT2D eigenvalue weighted by Crippen LogP contribution is 2.21. The Morgan fingerprint density at radius 3 is 2.09 bits per heavy atom. The summed E-state index contributed by atoms with van der Waals surface area (Å²) in [6, 6.07) is 0.